The summed E-state index contributed by atoms with van der Waals surface area (Å²) >= 11 is 0. The Hall–Kier alpha value is -1.24. The molecule has 0 saturated carbocycles. The van der Waals surface area contributed by atoms with E-state index in [4.69, 9.17) is 0 Å². The smallest absolute Gasteiger partial charge is 0.0212 e. The molecular weight excluding hydrogens is 170 g/mol. The van der Waals surface area contributed by atoms with Crippen molar-refractivity contribution in [1.29, 1.82) is 0 Å². The Bertz CT molecular complexity index is 253. The quantitative estimate of drug-likeness (QED) is 0.664. The van der Waals surface area contributed by atoms with Gasteiger partial charge in [-0.3, -0.25) is 0 Å². The molecule has 0 radical (unpaired) electrons. The van der Waals surface area contributed by atoms with Crippen LogP contribution in [0.1, 0.15) is 18.9 Å². The van der Waals surface area contributed by atoms with Gasteiger partial charge in [0, 0.05) is 13.1 Å². The van der Waals surface area contributed by atoms with Crippen molar-refractivity contribution in [2.45, 2.75) is 19.8 Å². The summed E-state index contributed by atoms with van der Waals surface area (Å²) < 4.78 is 0. The first kappa shape index (κ1) is 10.8. The van der Waals surface area contributed by atoms with Crippen molar-refractivity contribution >= 4 is 0 Å². The molecular formula is C13H19N. The average Bonchev–Trinajstić information content (AvgIpc) is 2.25. The molecule has 0 aliphatic rings. The van der Waals surface area contributed by atoms with Crippen molar-refractivity contribution < 1.29 is 0 Å². The Kier molecular flexibility index (Phi) is 4.84. The fraction of sp³-hybridized carbons (Fsp3) is 0.385. The molecule has 0 aromatic heterocycles. The zero-order valence-corrected chi connectivity index (χ0v) is 8.95. The molecule has 1 nitrogen and oxygen atoms in total. The van der Waals surface area contributed by atoms with Crippen molar-refractivity contribution in [3.63, 3.8) is 0 Å². The van der Waals surface area contributed by atoms with Gasteiger partial charge in [-0.05, 0) is 24.6 Å². The molecule has 0 fully saturated rings. The summed E-state index contributed by atoms with van der Waals surface area (Å²) in [7, 11) is 0. The summed E-state index contributed by atoms with van der Waals surface area (Å²) in [5.74, 6) is 0. The summed E-state index contributed by atoms with van der Waals surface area (Å²) in [6, 6.07) is 10.6. The molecule has 0 bridgehead atoms. The maximum Gasteiger partial charge on any atom is 0.0212 e. The monoisotopic (exact) mass is 189 g/mol. The third-order valence-electron chi connectivity index (χ3n) is 2.30. The van der Waals surface area contributed by atoms with E-state index in [1.165, 1.54) is 12.0 Å². The lowest BCUT2D eigenvalue weighted by molar-refractivity contribution is 0.381. The van der Waals surface area contributed by atoms with Gasteiger partial charge in [-0.1, -0.05) is 43.8 Å². The van der Waals surface area contributed by atoms with Gasteiger partial charge >= 0.3 is 0 Å². The van der Waals surface area contributed by atoms with Crippen LogP contribution in [-0.2, 0) is 6.42 Å². The predicted octanol–water partition coefficient (Wildman–Crippen LogP) is 3.08. The molecule has 0 unspecified atom stereocenters. The minimum absolute atomic E-state index is 1.07. The van der Waals surface area contributed by atoms with E-state index in [-0.39, 0.29) is 0 Å². The Labute approximate surface area is 87.1 Å². The van der Waals surface area contributed by atoms with E-state index in [0.717, 1.165) is 19.5 Å². The van der Waals surface area contributed by atoms with E-state index in [0.29, 0.717) is 0 Å². The fourth-order valence-electron chi connectivity index (χ4n) is 1.50. The van der Waals surface area contributed by atoms with Gasteiger partial charge in [0.1, 0.15) is 0 Å². The molecule has 0 spiro atoms. The van der Waals surface area contributed by atoms with Gasteiger partial charge in [-0.2, -0.15) is 0 Å². The fourth-order valence-corrected chi connectivity index (χ4v) is 1.50. The van der Waals surface area contributed by atoms with Gasteiger partial charge in [0.05, 0.1) is 0 Å². The summed E-state index contributed by atoms with van der Waals surface area (Å²) in [6.07, 6.45) is 4.22. The Morgan fingerprint density at radius 3 is 2.50 bits per heavy atom. The van der Waals surface area contributed by atoms with Gasteiger partial charge in [-0.15, -0.1) is 0 Å². The number of rotatable bonds is 6. The number of nitrogens with zero attached hydrogens (tertiary/aromatic N) is 1. The molecule has 0 amide bonds. The first-order valence-corrected chi connectivity index (χ1v) is 5.27. The molecule has 1 rings (SSSR count). The van der Waals surface area contributed by atoms with Crippen LogP contribution >= 0.6 is 0 Å². The van der Waals surface area contributed by atoms with E-state index < -0.39 is 0 Å². The minimum atomic E-state index is 1.07. The lowest BCUT2D eigenvalue weighted by Gasteiger charge is -2.18. The third kappa shape index (κ3) is 3.65. The summed E-state index contributed by atoms with van der Waals surface area (Å²) in [5.41, 5.74) is 1.40. The molecule has 0 N–H and O–H groups in total. The zero-order chi connectivity index (χ0) is 10.2. The van der Waals surface area contributed by atoms with Crippen LogP contribution in [0.25, 0.3) is 0 Å². The average molecular weight is 189 g/mol. The number of hydrogen-bond donors (Lipinski definition) is 0. The molecule has 14 heavy (non-hydrogen) atoms. The van der Waals surface area contributed by atoms with Crippen LogP contribution < -0.4 is 0 Å². The van der Waals surface area contributed by atoms with Crippen LogP contribution in [0.3, 0.4) is 0 Å². The summed E-state index contributed by atoms with van der Waals surface area (Å²) in [6.45, 7) is 8.19. The normalized spacial score (nSPS) is 9.79. The second-order valence-corrected chi connectivity index (χ2v) is 3.45. The molecule has 0 saturated heterocycles. The van der Waals surface area contributed by atoms with Crippen molar-refractivity contribution in [2.24, 2.45) is 0 Å². The van der Waals surface area contributed by atoms with Crippen LogP contribution in [0.4, 0.5) is 0 Å². The second-order valence-electron chi connectivity index (χ2n) is 3.45. The van der Waals surface area contributed by atoms with Crippen LogP contribution in [0.2, 0.25) is 0 Å². The highest BCUT2D eigenvalue weighted by Crippen LogP contribution is 2.02. The van der Waals surface area contributed by atoms with Crippen molar-refractivity contribution in [1.82, 2.24) is 4.90 Å². The molecule has 0 aliphatic carbocycles. The number of hydrogen-bond acceptors (Lipinski definition) is 1. The summed E-state index contributed by atoms with van der Waals surface area (Å²) in [5, 5.41) is 0. The molecule has 1 heteroatoms. The summed E-state index contributed by atoms with van der Waals surface area (Å²) in [4.78, 5) is 2.27. The van der Waals surface area contributed by atoms with Crippen LogP contribution in [0, 0.1) is 0 Å². The van der Waals surface area contributed by atoms with Crippen LogP contribution in [0.15, 0.2) is 43.1 Å². The zero-order valence-electron chi connectivity index (χ0n) is 8.95. The van der Waals surface area contributed by atoms with E-state index in [1.807, 2.05) is 6.20 Å². The van der Waals surface area contributed by atoms with Crippen LogP contribution in [-0.4, -0.2) is 18.0 Å². The first-order valence-electron chi connectivity index (χ1n) is 5.27. The van der Waals surface area contributed by atoms with Gasteiger partial charge in [0.2, 0.25) is 0 Å². The number of benzene rings is 1. The van der Waals surface area contributed by atoms with E-state index >= 15 is 0 Å². The lowest BCUT2D eigenvalue weighted by atomic mass is 10.1. The Morgan fingerprint density at radius 1 is 1.21 bits per heavy atom. The van der Waals surface area contributed by atoms with Gasteiger partial charge in [0.15, 0.2) is 0 Å². The Morgan fingerprint density at radius 2 is 1.93 bits per heavy atom. The lowest BCUT2D eigenvalue weighted by Crippen LogP contribution is -2.20. The van der Waals surface area contributed by atoms with Gasteiger partial charge in [0.25, 0.3) is 0 Å². The molecule has 1 aromatic rings. The topological polar surface area (TPSA) is 3.24 Å². The first-order chi connectivity index (χ1) is 6.86. The molecule has 76 valence electrons. The molecule has 1 aromatic carbocycles. The third-order valence-corrected chi connectivity index (χ3v) is 2.30. The molecule has 0 aliphatic heterocycles. The Balaban J connectivity index is 2.35. The standard InChI is InChI=1S/C13H19N/c1-3-11-14(4-2)12-10-13-8-6-5-7-9-13/h4-9H,2-3,10-12H2,1H3. The van der Waals surface area contributed by atoms with E-state index in [1.54, 1.807) is 0 Å². The highest BCUT2D eigenvalue weighted by Gasteiger charge is 1.97. The maximum absolute atomic E-state index is 3.82. The van der Waals surface area contributed by atoms with Gasteiger partial charge in [-0.25, -0.2) is 0 Å². The SMILES string of the molecule is C=CN(CCC)CCc1ccccc1. The van der Waals surface area contributed by atoms with Crippen molar-refractivity contribution in [3.8, 4) is 0 Å². The highest BCUT2D eigenvalue weighted by molar-refractivity contribution is 5.14. The van der Waals surface area contributed by atoms with E-state index in [9.17, 15) is 0 Å². The van der Waals surface area contributed by atoms with Crippen molar-refractivity contribution in [3.05, 3.63) is 48.7 Å². The highest BCUT2D eigenvalue weighted by atomic mass is 15.1. The predicted molar refractivity (Wildman–Crippen MR) is 62.2 cm³/mol. The second kappa shape index (κ2) is 6.25. The largest absolute Gasteiger partial charge is 0.378 e. The minimum Gasteiger partial charge on any atom is -0.378 e. The van der Waals surface area contributed by atoms with Crippen molar-refractivity contribution in [2.75, 3.05) is 13.1 Å². The molecule has 0 atom stereocenters. The van der Waals surface area contributed by atoms with E-state index in [2.05, 4.69) is 48.7 Å². The molecule has 0 heterocycles. The maximum atomic E-state index is 3.82. The van der Waals surface area contributed by atoms with Gasteiger partial charge < -0.3 is 4.90 Å². The van der Waals surface area contributed by atoms with Crippen LogP contribution in [0.5, 0.6) is 0 Å².